The van der Waals surface area contributed by atoms with Crippen molar-refractivity contribution < 1.29 is 4.52 Å². The number of rotatable bonds is 4. The summed E-state index contributed by atoms with van der Waals surface area (Å²) in [6, 6.07) is 1.85. The fourth-order valence-corrected chi connectivity index (χ4v) is 0.821. The zero-order chi connectivity index (χ0) is 8.65. The molecule has 0 aromatic carbocycles. The van der Waals surface area contributed by atoms with Crippen molar-refractivity contribution >= 4 is 0 Å². The van der Waals surface area contributed by atoms with Crippen LogP contribution in [0.1, 0.15) is 19.0 Å². The normalized spacial score (nSPS) is 9.08. The van der Waals surface area contributed by atoms with E-state index in [1.807, 2.05) is 13.0 Å². The fourth-order valence-electron chi connectivity index (χ4n) is 0.821. The van der Waals surface area contributed by atoms with Gasteiger partial charge in [0.25, 0.3) is 0 Å². The summed E-state index contributed by atoms with van der Waals surface area (Å²) in [5.74, 6) is 5.81. The molecule has 3 nitrogen and oxygen atoms in total. The van der Waals surface area contributed by atoms with Gasteiger partial charge in [0.1, 0.15) is 6.26 Å². The molecule has 0 spiro atoms. The molecule has 64 valence electrons. The highest BCUT2D eigenvalue weighted by Gasteiger charge is 1.93. The molecule has 0 radical (unpaired) electrons. The monoisotopic (exact) mass is 164 g/mol. The van der Waals surface area contributed by atoms with Gasteiger partial charge in [0.15, 0.2) is 0 Å². The summed E-state index contributed by atoms with van der Waals surface area (Å²) in [6.07, 6.45) is 2.46. The largest absolute Gasteiger partial charge is 0.364 e. The van der Waals surface area contributed by atoms with E-state index in [9.17, 15) is 0 Å². The molecule has 0 saturated carbocycles. The second-order valence-electron chi connectivity index (χ2n) is 2.34. The Labute approximate surface area is 72.1 Å². The molecule has 0 aliphatic heterocycles. The van der Waals surface area contributed by atoms with Gasteiger partial charge in [0, 0.05) is 25.6 Å². The molecule has 0 unspecified atom stereocenters. The van der Waals surface area contributed by atoms with E-state index in [4.69, 9.17) is 0 Å². The maximum atomic E-state index is 4.67. The first-order valence-corrected chi connectivity index (χ1v) is 3.93. The molecule has 1 N–H and O–H groups in total. The number of hydrogen-bond donors (Lipinski definition) is 1. The Morgan fingerprint density at radius 3 is 3.25 bits per heavy atom. The van der Waals surface area contributed by atoms with Crippen molar-refractivity contribution in [3.63, 3.8) is 0 Å². The third-order valence-electron chi connectivity index (χ3n) is 1.40. The second kappa shape index (κ2) is 5.39. The van der Waals surface area contributed by atoms with Gasteiger partial charge in [-0.2, -0.15) is 0 Å². The van der Waals surface area contributed by atoms with E-state index in [0.717, 1.165) is 25.2 Å². The smallest absolute Gasteiger partial charge is 0.124 e. The molecular weight excluding hydrogens is 152 g/mol. The summed E-state index contributed by atoms with van der Waals surface area (Å²) in [5.41, 5.74) is 0.930. The molecule has 0 amide bonds. The molecule has 1 aromatic heterocycles. The molecule has 12 heavy (non-hydrogen) atoms. The Bertz CT molecular complexity index is 256. The molecule has 1 heterocycles. The predicted octanol–water partition coefficient (Wildman–Crippen LogP) is 1.18. The van der Waals surface area contributed by atoms with Crippen molar-refractivity contribution in [2.75, 3.05) is 6.54 Å². The van der Waals surface area contributed by atoms with Gasteiger partial charge in [-0.15, -0.1) is 11.8 Å². The Morgan fingerprint density at radius 2 is 2.58 bits per heavy atom. The van der Waals surface area contributed by atoms with Crippen molar-refractivity contribution in [3.05, 3.63) is 18.0 Å². The van der Waals surface area contributed by atoms with Crippen LogP contribution in [0.25, 0.3) is 0 Å². The van der Waals surface area contributed by atoms with Gasteiger partial charge in [-0.25, -0.2) is 0 Å². The van der Waals surface area contributed by atoms with Crippen LogP contribution in [0, 0.1) is 11.8 Å². The summed E-state index contributed by atoms with van der Waals surface area (Å²) < 4.78 is 4.67. The molecule has 0 atom stereocenters. The van der Waals surface area contributed by atoms with Crippen molar-refractivity contribution in [2.24, 2.45) is 0 Å². The highest BCUT2D eigenvalue weighted by Crippen LogP contribution is 1.92. The van der Waals surface area contributed by atoms with Gasteiger partial charge >= 0.3 is 0 Å². The average molecular weight is 164 g/mol. The third kappa shape index (κ3) is 3.22. The van der Waals surface area contributed by atoms with Gasteiger partial charge in [-0.05, 0) is 6.92 Å². The standard InChI is InChI=1S/C9H12N2O/c1-2-3-4-6-10-8-9-5-7-12-11-9/h5,7,10H,4,6,8H2,1H3. The van der Waals surface area contributed by atoms with Gasteiger partial charge in [0.05, 0.1) is 5.69 Å². The quantitative estimate of drug-likeness (QED) is 0.536. The highest BCUT2D eigenvalue weighted by molar-refractivity contribution is 4.96. The number of nitrogens with zero attached hydrogens (tertiary/aromatic N) is 1. The van der Waals surface area contributed by atoms with Crippen LogP contribution in [0.2, 0.25) is 0 Å². The predicted molar refractivity (Wildman–Crippen MR) is 46.3 cm³/mol. The van der Waals surface area contributed by atoms with Gasteiger partial charge in [-0.3, -0.25) is 0 Å². The minimum absolute atomic E-state index is 0.752. The van der Waals surface area contributed by atoms with Crippen LogP contribution in [0.5, 0.6) is 0 Å². The molecule has 1 rings (SSSR count). The average Bonchev–Trinajstić information content (AvgIpc) is 2.57. The van der Waals surface area contributed by atoms with E-state index in [-0.39, 0.29) is 0 Å². The van der Waals surface area contributed by atoms with E-state index in [1.165, 1.54) is 0 Å². The number of hydrogen-bond acceptors (Lipinski definition) is 3. The topological polar surface area (TPSA) is 38.1 Å². The van der Waals surface area contributed by atoms with Crippen molar-refractivity contribution in [2.45, 2.75) is 19.9 Å². The van der Waals surface area contributed by atoms with Crippen molar-refractivity contribution in [1.29, 1.82) is 0 Å². The zero-order valence-electron chi connectivity index (χ0n) is 7.13. The van der Waals surface area contributed by atoms with Crippen LogP contribution in [0.15, 0.2) is 16.9 Å². The Morgan fingerprint density at radius 1 is 1.67 bits per heavy atom. The lowest BCUT2D eigenvalue weighted by molar-refractivity contribution is 0.409. The fraction of sp³-hybridized carbons (Fsp3) is 0.444. The van der Waals surface area contributed by atoms with Crippen LogP contribution >= 0.6 is 0 Å². The van der Waals surface area contributed by atoms with E-state index in [2.05, 4.69) is 26.8 Å². The summed E-state index contributed by atoms with van der Waals surface area (Å²) in [6.45, 7) is 3.49. The molecule has 0 aliphatic rings. The van der Waals surface area contributed by atoms with Gasteiger partial charge in [0.2, 0.25) is 0 Å². The summed E-state index contributed by atoms with van der Waals surface area (Å²) in [5, 5.41) is 6.96. The maximum Gasteiger partial charge on any atom is 0.124 e. The van der Waals surface area contributed by atoms with Gasteiger partial charge in [-0.1, -0.05) is 5.16 Å². The van der Waals surface area contributed by atoms with E-state index < -0.39 is 0 Å². The highest BCUT2D eigenvalue weighted by atomic mass is 16.5. The molecule has 0 fully saturated rings. The SMILES string of the molecule is CC#CCCNCc1ccon1. The van der Waals surface area contributed by atoms with E-state index in [0.29, 0.717) is 0 Å². The minimum Gasteiger partial charge on any atom is -0.364 e. The Balaban J connectivity index is 2.06. The zero-order valence-corrected chi connectivity index (χ0v) is 7.13. The van der Waals surface area contributed by atoms with Crippen LogP contribution in [0.4, 0.5) is 0 Å². The van der Waals surface area contributed by atoms with E-state index >= 15 is 0 Å². The molecule has 0 bridgehead atoms. The van der Waals surface area contributed by atoms with Crippen LogP contribution < -0.4 is 5.32 Å². The van der Waals surface area contributed by atoms with E-state index in [1.54, 1.807) is 6.26 Å². The van der Waals surface area contributed by atoms with Crippen molar-refractivity contribution in [3.8, 4) is 11.8 Å². The lowest BCUT2D eigenvalue weighted by atomic mass is 10.4. The summed E-state index contributed by atoms with van der Waals surface area (Å²) in [7, 11) is 0. The summed E-state index contributed by atoms with van der Waals surface area (Å²) in [4.78, 5) is 0. The molecule has 1 aromatic rings. The first-order valence-electron chi connectivity index (χ1n) is 3.93. The molecule has 0 saturated heterocycles. The lowest BCUT2D eigenvalue weighted by Gasteiger charge is -1.96. The van der Waals surface area contributed by atoms with Crippen LogP contribution in [-0.2, 0) is 6.54 Å². The number of nitrogens with one attached hydrogen (secondary N) is 1. The Hall–Kier alpha value is -1.27. The number of aromatic nitrogens is 1. The summed E-state index contributed by atoms with van der Waals surface area (Å²) >= 11 is 0. The van der Waals surface area contributed by atoms with Crippen molar-refractivity contribution in [1.82, 2.24) is 10.5 Å². The molecule has 3 heteroatoms. The Kier molecular flexibility index (Phi) is 3.96. The third-order valence-corrected chi connectivity index (χ3v) is 1.40. The second-order valence-corrected chi connectivity index (χ2v) is 2.34. The maximum absolute atomic E-state index is 4.67. The lowest BCUT2D eigenvalue weighted by Crippen LogP contribution is -2.14. The molecule has 0 aliphatic carbocycles. The van der Waals surface area contributed by atoms with Crippen LogP contribution in [0.3, 0.4) is 0 Å². The minimum atomic E-state index is 0.752. The first-order chi connectivity index (χ1) is 5.93. The van der Waals surface area contributed by atoms with Gasteiger partial charge < -0.3 is 9.84 Å². The first kappa shape index (κ1) is 8.82. The van der Waals surface area contributed by atoms with Crippen LogP contribution in [-0.4, -0.2) is 11.7 Å². The molecular formula is C9H12N2O.